The maximum absolute atomic E-state index is 13.5. The van der Waals surface area contributed by atoms with E-state index in [1.807, 2.05) is 0 Å². The maximum atomic E-state index is 13.5. The van der Waals surface area contributed by atoms with Crippen molar-refractivity contribution in [1.29, 1.82) is 0 Å². The molecule has 2 saturated carbocycles. The van der Waals surface area contributed by atoms with Crippen LogP contribution in [0.15, 0.2) is 18.2 Å². The Kier molecular flexibility index (Phi) is 10.5. The topological polar surface area (TPSA) is 44.6 Å². The number of imidazole rings is 1. The van der Waals surface area contributed by atoms with Gasteiger partial charge in [-0.15, -0.1) is 0 Å². The number of hydrogen-bond acceptors (Lipinski definition) is 4. The molecule has 2 aliphatic carbocycles. The molecule has 1 amide bonds. The average molecular weight is 590 g/mol. The molecule has 0 N–H and O–H groups in total. The predicted octanol–water partition coefficient (Wildman–Crippen LogP) is 6.97. The summed E-state index contributed by atoms with van der Waals surface area (Å²) < 4.78 is 40.8. The van der Waals surface area contributed by atoms with Crippen molar-refractivity contribution in [2.24, 2.45) is 5.92 Å². The summed E-state index contributed by atoms with van der Waals surface area (Å²) in [5.41, 5.74) is 3.22. The van der Waals surface area contributed by atoms with Crippen LogP contribution in [-0.2, 0) is 17.9 Å². The highest BCUT2D eigenvalue weighted by Crippen LogP contribution is 2.38. The zero-order valence-electron chi connectivity index (χ0n) is 25.7. The smallest absolute Gasteiger partial charge is 0.340 e. The third kappa shape index (κ3) is 7.87. The lowest BCUT2D eigenvalue weighted by Gasteiger charge is -2.35. The van der Waals surface area contributed by atoms with E-state index in [1.54, 1.807) is 0 Å². The number of aryl methyl sites for hydroxylation is 1. The van der Waals surface area contributed by atoms with Crippen LogP contribution in [0, 0.1) is 5.92 Å². The standard InChI is InChI=1S/C33H50F3N5O/c1-3-25-10-13-27(14-11-25)32-37-29-15-12-26(23-38-18-20-39(21-19-38)24-33(34,35)36)22-30(29)41(32)17-16-31(42)40(4-2)28-8-6-5-7-9-28/h12,15,22,25,27-28H,3-11,13-14,16-21,23-24H2,1-2H3/t25-,27-. The Hall–Kier alpha value is -2.13. The Morgan fingerprint density at radius 2 is 1.64 bits per heavy atom. The Balaban J connectivity index is 1.32. The number of fused-ring (bicyclic) bond motifs is 1. The van der Waals surface area contributed by atoms with Gasteiger partial charge in [-0.25, -0.2) is 4.98 Å². The van der Waals surface area contributed by atoms with Crippen LogP contribution in [0.3, 0.4) is 0 Å². The molecule has 42 heavy (non-hydrogen) atoms. The van der Waals surface area contributed by atoms with Crippen molar-refractivity contribution in [3.8, 4) is 0 Å². The summed E-state index contributed by atoms with van der Waals surface area (Å²) in [6, 6.07) is 6.81. The lowest BCUT2D eigenvalue weighted by atomic mass is 9.80. The minimum absolute atomic E-state index is 0.250. The molecule has 0 spiro atoms. The van der Waals surface area contributed by atoms with Crippen molar-refractivity contribution < 1.29 is 18.0 Å². The SMILES string of the molecule is CCN(C(=O)CCn1c2cc(CN3CCN(CC(F)(F)F)CC3)ccc2nc1[C@H]1CC[C@H](CC)CC1)C1CCCCC1. The fraction of sp³-hybridized carbons (Fsp3) is 0.758. The van der Waals surface area contributed by atoms with Crippen LogP contribution >= 0.6 is 0 Å². The average Bonchev–Trinajstić information content (AvgIpc) is 3.35. The Morgan fingerprint density at radius 1 is 0.952 bits per heavy atom. The Morgan fingerprint density at radius 3 is 2.29 bits per heavy atom. The molecule has 234 valence electrons. The number of benzene rings is 1. The molecule has 3 aliphatic rings. The molecule has 5 rings (SSSR count). The number of hydrogen-bond donors (Lipinski definition) is 0. The fourth-order valence-electron chi connectivity index (χ4n) is 7.66. The van der Waals surface area contributed by atoms with Crippen LogP contribution < -0.4 is 0 Å². The number of halogens is 3. The normalized spacial score (nSPS) is 23.5. The molecule has 0 radical (unpaired) electrons. The lowest BCUT2D eigenvalue weighted by Crippen LogP contribution is -2.48. The van der Waals surface area contributed by atoms with Crippen LogP contribution in [0.4, 0.5) is 13.2 Å². The van der Waals surface area contributed by atoms with Gasteiger partial charge in [0.05, 0.1) is 17.6 Å². The van der Waals surface area contributed by atoms with Gasteiger partial charge in [0.15, 0.2) is 0 Å². The highest BCUT2D eigenvalue weighted by Gasteiger charge is 2.32. The van der Waals surface area contributed by atoms with Crippen LogP contribution in [0.1, 0.15) is 102 Å². The monoisotopic (exact) mass is 589 g/mol. The van der Waals surface area contributed by atoms with Gasteiger partial charge in [0, 0.05) is 64.2 Å². The van der Waals surface area contributed by atoms with Gasteiger partial charge in [-0.05, 0) is 69.1 Å². The second kappa shape index (κ2) is 14.1. The van der Waals surface area contributed by atoms with E-state index >= 15 is 0 Å². The second-order valence-electron chi connectivity index (χ2n) is 13.0. The van der Waals surface area contributed by atoms with E-state index < -0.39 is 12.7 Å². The minimum Gasteiger partial charge on any atom is -0.340 e. The second-order valence-corrected chi connectivity index (χ2v) is 13.0. The van der Waals surface area contributed by atoms with Crippen molar-refractivity contribution in [3.63, 3.8) is 0 Å². The van der Waals surface area contributed by atoms with Crippen molar-refractivity contribution in [3.05, 3.63) is 29.6 Å². The van der Waals surface area contributed by atoms with Gasteiger partial charge < -0.3 is 9.47 Å². The van der Waals surface area contributed by atoms with Crippen molar-refractivity contribution in [2.45, 2.75) is 116 Å². The van der Waals surface area contributed by atoms with Gasteiger partial charge in [0.25, 0.3) is 0 Å². The molecule has 1 aromatic heterocycles. The van der Waals surface area contributed by atoms with Gasteiger partial charge in [0.1, 0.15) is 5.82 Å². The molecule has 2 heterocycles. The quantitative estimate of drug-likeness (QED) is 0.300. The first-order chi connectivity index (χ1) is 20.2. The molecule has 0 unspecified atom stereocenters. The van der Waals surface area contributed by atoms with E-state index in [-0.39, 0.29) is 5.91 Å². The summed E-state index contributed by atoms with van der Waals surface area (Å²) in [6.07, 6.45) is 8.28. The zero-order chi connectivity index (χ0) is 29.7. The molecule has 0 bridgehead atoms. The summed E-state index contributed by atoms with van der Waals surface area (Å²) in [4.78, 5) is 24.6. The predicted molar refractivity (Wildman–Crippen MR) is 161 cm³/mol. The largest absolute Gasteiger partial charge is 0.401 e. The molecule has 1 saturated heterocycles. The number of amides is 1. The summed E-state index contributed by atoms with van der Waals surface area (Å²) in [5.74, 6) is 2.60. The number of rotatable bonds is 10. The highest BCUT2D eigenvalue weighted by atomic mass is 19.4. The minimum atomic E-state index is -4.15. The van der Waals surface area contributed by atoms with Gasteiger partial charge in [-0.3, -0.25) is 14.6 Å². The number of alkyl halides is 3. The van der Waals surface area contributed by atoms with E-state index in [1.165, 1.54) is 43.4 Å². The summed E-state index contributed by atoms with van der Waals surface area (Å²) in [5, 5.41) is 0. The van der Waals surface area contributed by atoms with Gasteiger partial charge in [0.2, 0.25) is 5.91 Å². The number of carbonyl (C=O) groups excluding carboxylic acids is 1. The van der Waals surface area contributed by atoms with E-state index in [0.29, 0.717) is 57.6 Å². The van der Waals surface area contributed by atoms with E-state index in [4.69, 9.17) is 4.98 Å². The highest BCUT2D eigenvalue weighted by molar-refractivity contribution is 5.79. The van der Waals surface area contributed by atoms with Gasteiger partial charge in [-0.1, -0.05) is 38.7 Å². The number of carbonyl (C=O) groups is 1. The fourth-order valence-corrected chi connectivity index (χ4v) is 7.66. The third-order valence-electron chi connectivity index (χ3n) is 10.1. The molecule has 6 nitrogen and oxygen atoms in total. The van der Waals surface area contributed by atoms with Crippen molar-refractivity contribution in [1.82, 2.24) is 24.3 Å². The molecule has 2 aromatic rings. The van der Waals surface area contributed by atoms with Crippen LogP contribution in [0.2, 0.25) is 0 Å². The molecule has 0 atom stereocenters. The molecular weight excluding hydrogens is 539 g/mol. The summed E-state index contributed by atoms with van der Waals surface area (Å²) >= 11 is 0. The van der Waals surface area contributed by atoms with E-state index in [0.717, 1.165) is 60.6 Å². The molecule has 1 aromatic carbocycles. The third-order valence-corrected chi connectivity index (χ3v) is 10.1. The van der Waals surface area contributed by atoms with E-state index in [9.17, 15) is 18.0 Å². The Labute approximate surface area is 249 Å². The zero-order valence-corrected chi connectivity index (χ0v) is 25.7. The van der Waals surface area contributed by atoms with Crippen LogP contribution in [-0.4, -0.2) is 81.6 Å². The first-order valence-electron chi connectivity index (χ1n) is 16.5. The lowest BCUT2D eigenvalue weighted by molar-refractivity contribution is -0.149. The van der Waals surface area contributed by atoms with Crippen LogP contribution in [0.25, 0.3) is 11.0 Å². The van der Waals surface area contributed by atoms with Crippen molar-refractivity contribution in [2.75, 3.05) is 39.3 Å². The van der Waals surface area contributed by atoms with Crippen molar-refractivity contribution >= 4 is 16.9 Å². The molecule has 1 aliphatic heterocycles. The summed E-state index contributed by atoms with van der Waals surface area (Å²) in [7, 11) is 0. The van der Waals surface area contributed by atoms with Gasteiger partial charge in [-0.2, -0.15) is 13.2 Å². The first kappa shape index (κ1) is 31.3. The maximum Gasteiger partial charge on any atom is 0.401 e. The van der Waals surface area contributed by atoms with Crippen LogP contribution in [0.5, 0.6) is 0 Å². The molecule has 3 fully saturated rings. The van der Waals surface area contributed by atoms with Gasteiger partial charge >= 0.3 is 6.18 Å². The Bertz CT molecular complexity index is 1160. The number of nitrogens with zero attached hydrogens (tertiary/aromatic N) is 5. The molecule has 9 heteroatoms. The number of aromatic nitrogens is 2. The van der Waals surface area contributed by atoms with E-state index in [2.05, 4.69) is 46.4 Å². The molecular formula is C33H50F3N5O. The number of piperazine rings is 1. The first-order valence-corrected chi connectivity index (χ1v) is 16.5. The summed E-state index contributed by atoms with van der Waals surface area (Å²) in [6.45, 7) is 7.79.